The smallest absolute Gasteiger partial charge is 0.191 e. The summed E-state index contributed by atoms with van der Waals surface area (Å²) in [5, 5.41) is 23.8. The molecule has 160 valence electrons. The molecule has 29 heavy (non-hydrogen) atoms. The molecule has 3 heterocycles. The van der Waals surface area contributed by atoms with Crippen LogP contribution in [0.2, 0.25) is 0 Å². The fourth-order valence-corrected chi connectivity index (χ4v) is 4.32. The van der Waals surface area contributed by atoms with Gasteiger partial charge in [-0.1, -0.05) is 6.07 Å². The standard InChI is InChI=1S/C21H34N6OS/c1-4-22-20(24-16-21(2,28)18-13-25-26(3)14-18)23-12-17-7-9-27(10-8-17)15-19-6-5-11-29-19/h5-6,11,13-14,17,28H,4,7-10,12,15-16H2,1-3H3,(H2,22,23,24). The first-order valence-corrected chi connectivity index (χ1v) is 11.3. The summed E-state index contributed by atoms with van der Waals surface area (Å²) < 4.78 is 1.70. The van der Waals surface area contributed by atoms with Gasteiger partial charge in [0.25, 0.3) is 0 Å². The van der Waals surface area contributed by atoms with Gasteiger partial charge in [0.05, 0.1) is 12.7 Å². The number of guanidine groups is 1. The summed E-state index contributed by atoms with van der Waals surface area (Å²) in [7, 11) is 1.85. The lowest BCUT2D eigenvalue weighted by atomic mass is 9.97. The highest BCUT2D eigenvalue weighted by Crippen LogP contribution is 2.21. The van der Waals surface area contributed by atoms with Crippen LogP contribution in [0.3, 0.4) is 0 Å². The molecule has 1 fully saturated rings. The van der Waals surface area contributed by atoms with Gasteiger partial charge in [0, 0.05) is 43.3 Å². The Morgan fingerprint density at radius 2 is 2.17 bits per heavy atom. The second-order valence-corrected chi connectivity index (χ2v) is 9.08. The normalized spacial score (nSPS) is 18.6. The van der Waals surface area contributed by atoms with Gasteiger partial charge in [-0.3, -0.25) is 9.58 Å². The van der Waals surface area contributed by atoms with Crippen molar-refractivity contribution in [2.75, 3.05) is 32.7 Å². The Labute approximate surface area is 177 Å². The summed E-state index contributed by atoms with van der Waals surface area (Å²) in [6.45, 7) is 9.19. The monoisotopic (exact) mass is 418 g/mol. The molecule has 2 aromatic rings. The summed E-state index contributed by atoms with van der Waals surface area (Å²) in [4.78, 5) is 8.61. The minimum Gasteiger partial charge on any atom is -0.383 e. The maximum Gasteiger partial charge on any atom is 0.191 e. The Kier molecular flexibility index (Phi) is 7.69. The van der Waals surface area contributed by atoms with Crippen LogP contribution in [0.4, 0.5) is 0 Å². The predicted molar refractivity (Wildman–Crippen MR) is 119 cm³/mol. The van der Waals surface area contributed by atoms with Gasteiger partial charge in [-0.15, -0.1) is 11.3 Å². The molecule has 0 aliphatic carbocycles. The predicted octanol–water partition coefficient (Wildman–Crippen LogP) is 2.16. The van der Waals surface area contributed by atoms with Gasteiger partial charge >= 0.3 is 0 Å². The first-order chi connectivity index (χ1) is 14.0. The van der Waals surface area contributed by atoms with E-state index >= 15 is 0 Å². The zero-order valence-electron chi connectivity index (χ0n) is 17.8. The van der Waals surface area contributed by atoms with Crippen LogP contribution >= 0.6 is 11.3 Å². The number of aliphatic imine (C=N–C) groups is 1. The van der Waals surface area contributed by atoms with Crippen LogP contribution in [0, 0.1) is 5.92 Å². The number of rotatable bonds is 8. The average molecular weight is 419 g/mol. The average Bonchev–Trinajstić information content (AvgIpc) is 3.37. The van der Waals surface area contributed by atoms with E-state index in [1.54, 1.807) is 17.8 Å². The summed E-state index contributed by atoms with van der Waals surface area (Å²) in [6, 6.07) is 4.35. The van der Waals surface area contributed by atoms with Crippen molar-refractivity contribution in [3.8, 4) is 0 Å². The third-order valence-corrected chi connectivity index (χ3v) is 6.30. The van der Waals surface area contributed by atoms with Crippen molar-refractivity contribution in [1.82, 2.24) is 25.3 Å². The van der Waals surface area contributed by atoms with Crippen LogP contribution in [0.15, 0.2) is 34.9 Å². The van der Waals surface area contributed by atoms with E-state index in [1.165, 1.54) is 17.7 Å². The number of hydrogen-bond acceptors (Lipinski definition) is 5. The molecule has 3 rings (SSSR count). The molecule has 0 spiro atoms. The number of aryl methyl sites for hydroxylation is 1. The van der Waals surface area contributed by atoms with Gasteiger partial charge in [-0.05, 0) is 57.1 Å². The number of thiophene rings is 1. The Morgan fingerprint density at radius 3 is 2.79 bits per heavy atom. The number of likely N-dealkylation sites (tertiary alicyclic amines) is 1. The van der Waals surface area contributed by atoms with Crippen LogP contribution in [0.1, 0.15) is 37.1 Å². The molecule has 0 aromatic carbocycles. The van der Waals surface area contributed by atoms with Gasteiger partial charge in [0.2, 0.25) is 0 Å². The van der Waals surface area contributed by atoms with Crippen molar-refractivity contribution < 1.29 is 5.11 Å². The van der Waals surface area contributed by atoms with Gasteiger partial charge in [-0.25, -0.2) is 4.99 Å². The number of piperidine rings is 1. The van der Waals surface area contributed by atoms with Crippen molar-refractivity contribution in [3.05, 3.63) is 40.3 Å². The Bertz CT molecular complexity index is 762. The zero-order valence-corrected chi connectivity index (χ0v) is 18.6. The zero-order chi connectivity index (χ0) is 20.7. The molecule has 1 aliphatic rings. The Morgan fingerprint density at radius 1 is 1.38 bits per heavy atom. The van der Waals surface area contributed by atoms with Crippen molar-refractivity contribution >= 4 is 17.3 Å². The molecule has 1 atom stereocenters. The van der Waals surface area contributed by atoms with Crippen LogP contribution in [0.25, 0.3) is 0 Å². The van der Waals surface area contributed by atoms with Crippen molar-refractivity contribution in [2.45, 2.75) is 38.8 Å². The fraction of sp³-hybridized carbons (Fsp3) is 0.619. The number of nitrogens with one attached hydrogen (secondary N) is 2. The molecule has 8 heteroatoms. The minimum absolute atomic E-state index is 0.285. The first kappa shape index (κ1) is 21.8. The van der Waals surface area contributed by atoms with E-state index in [1.807, 2.05) is 24.6 Å². The Balaban J connectivity index is 1.46. The van der Waals surface area contributed by atoms with Gasteiger partial charge in [0.15, 0.2) is 5.96 Å². The van der Waals surface area contributed by atoms with E-state index in [9.17, 15) is 5.11 Å². The van der Waals surface area contributed by atoms with Gasteiger partial charge in [-0.2, -0.15) is 5.10 Å². The third kappa shape index (κ3) is 6.55. The number of aromatic nitrogens is 2. The molecule has 0 radical (unpaired) electrons. The summed E-state index contributed by atoms with van der Waals surface area (Å²) in [6.07, 6.45) is 5.93. The lowest BCUT2D eigenvalue weighted by Crippen LogP contribution is -2.43. The lowest BCUT2D eigenvalue weighted by molar-refractivity contribution is 0.0671. The maximum absolute atomic E-state index is 10.7. The molecule has 0 bridgehead atoms. The second kappa shape index (κ2) is 10.2. The highest BCUT2D eigenvalue weighted by atomic mass is 32.1. The SMILES string of the molecule is CCNC(=NCC(C)(O)c1cnn(C)c1)NCC1CCN(Cc2cccs2)CC1. The molecule has 2 aromatic heterocycles. The van der Waals surface area contributed by atoms with E-state index in [2.05, 4.69) is 50.1 Å². The maximum atomic E-state index is 10.7. The van der Waals surface area contributed by atoms with Crippen molar-refractivity contribution in [2.24, 2.45) is 18.0 Å². The van der Waals surface area contributed by atoms with E-state index in [4.69, 9.17) is 0 Å². The van der Waals surface area contributed by atoms with E-state index in [-0.39, 0.29) is 6.54 Å². The molecule has 7 nitrogen and oxygen atoms in total. The van der Waals surface area contributed by atoms with E-state index < -0.39 is 5.60 Å². The lowest BCUT2D eigenvalue weighted by Gasteiger charge is -2.32. The number of aliphatic hydroxyl groups is 1. The summed E-state index contributed by atoms with van der Waals surface area (Å²) in [5.41, 5.74) is -0.262. The molecule has 1 unspecified atom stereocenters. The van der Waals surface area contributed by atoms with Crippen LogP contribution in [0.5, 0.6) is 0 Å². The van der Waals surface area contributed by atoms with Crippen molar-refractivity contribution in [1.29, 1.82) is 0 Å². The van der Waals surface area contributed by atoms with E-state index in [0.717, 1.165) is 44.2 Å². The molecule has 3 N–H and O–H groups in total. The van der Waals surface area contributed by atoms with E-state index in [0.29, 0.717) is 5.92 Å². The number of nitrogens with zero attached hydrogens (tertiary/aromatic N) is 4. The third-order valence-electron chi connectivity index (χ3n) is 5.44. The summed E-state index contributed by atoms with van der Waals surface area (Å²) in [5.74, 6) is 1.41. The quantitative estimate of drug-likeness (QED) is 0.452. The summed E-state index contributed by atoms with van der Waals surface area (Å²) >= 11 is 1.84. The number of hydrogen-bond donors (Lipinski definition) is 3. The topological polar surface area (TPSA) is 77.7 Å². The molecule has 0 amide bonds. The minimum atomic E-state index is -1.04. The largest absolute Gasteiger partial charge is 0.383 e. The van der Waals surface area contributed by atoms with Gasteiger partial charge < -0.3 is 15.7 Å². The molecular formula is C21H34N6OS. The molecular weight excluding hydrogens is 384 g/mol. The first-order valence-electron chi connectivity index (χ1n) is 10.4. The highest BCUT2D eigenvalue weighted by molar-refractivity contribution is 7.09. The fourth-order valence-electron chi connectivity index (χ4n) is 3.58. The molecule has 0 saturated carbocycles. The van der Waals surface area contributed by atoms with Crippen LogP contribution < -0.4 is 10.6 Å². The molecule has 1 aliphatic heterocycles. The second-order valence-electron chi connectivity index (χ2n) is 8.05. The van der Waals surface area contributed by atoms with Crippen LogP contribution in [-0.2, 0) is 19.2 Å². The Hall–Kier alpha value is -1.90. The molecule has 1 saturated heterocycles. The highest BCUT2D eigenvalue weighted by Gasteiger charge is 2.25. The van der Waals surface area contributed by atoms with Crippen LogP contribution in [-0.4, -0.2) is 58.5 Å². The van der Waals surface area contributed by atoms with Gasteiger partial charge in [0.1, 0.15) is 5.60 Å². The van der Waals surface area contributed by atoms with Crippen molar-refractivity contribution in [3.63, 3.8) is 0 Å².